The third-order valence-electron chi connectivity index (χ3n) is 3.58. The van der Waals surface area contributed by atoms with Gasteiger partial charge in [0.25, 0.3) is 0 Å². The number of halogens is 3. The van der Waals surface area contributed by atoms with Crippen LogP contribution in [0.5, 0.6) is 0 Å². The second kappa shape index (κ2) is 6.28. The highest BCUT2D eigenvalue weighted by Crippen LogP contribution is 2.37. The van der Waals surface area contributed by atoms with E-state index in [1.165, 1.54) is 30.6 Å². The third kappa shape index (κ3) is 3.22. The van der Waals surface area contributed by atoms with Gasteiger partial charge in [0.2, 0.25) is 0 Å². The van der Waals surface area contributed by atoms with Crippen LogP contribution in [0.1, 0.15) is 17.0 Å². The number of benzene rings is 2. The summed E-state index contributed by atoms with van der Waals surface area (Å²) in [6.45, 7) is 0. The van der Waals surface area contributed by atoms with Crippen molar-refractivity contribution in [2.75, 3.05) is 0 Å². The number of hydrogen-bond donors (Lipinski definition) is 2. The lowest BCUT2D eigenvalue weighted by molar-refractivity contribution is 0.0790. The molecular formula is C16H12Cl2FN3O. The Hall–Kier alpha value is -1.95. The van der Waals surface area contributed by atoms with Gasteiger partial charge < -0.3 is 5.11 Å². The molecular weight excluding hydrogens is 340 g/mol. The van der Waals surface area contributed by atoms with Crippen LogP contribution in [0.3, 0.4) is 0 Å². The number of rotatable bonds is 4. The maximum atomic E-state index is 13.2. The second-order valence-corrected chi connectivity index (χ2v) is 5.93. The standard InChI is InChI=1S/C16H12Cl2FN3O/c17-11-3-6-13(14(18)7-11)16(23,8-15-20-9-21-22-15)10-1-4-12(19)5-2-10/h1-7,9,23H,8H2,(H,20,21,22)/t16-/m0/s1. The van der Waals surface area contributed by atoms with Crippen molar-refractivity contribution in [2.45, 2.75) is 12.0 Å². The fourth-order valence-electron chi connectivity index (χ4n) is 2.45. The summed E-state index contributed by atoms with van der Waals surface area (Å²) in [4.78, 5) is 4.05. The molecule has 0 aliphatic rings. The number of hydrogen-bond acceptors (Lipinski definition) is 3. The molecule has 0 amide bonds. The van der Waals surface area contributed by atoms with Gasteiger partial charge in [0.05, 0.1) is 0 Å². The van der Waals surface area contributed by atoms with Gasteiger partial charge in [0, 0.05) is 22.0 Å². The van der Waals surface area contributed by atoms with E-state index in [0.29, 0.717) is 27.0 Å². The summed E-state index contributed by atoms with van der Waals surface area (Å²) >= 11 is 12.2. The Morgan fingerprint density at radius 2 is 1.87 bits per heavy atom. The van der Waals surface area contributed by atoms with E-state index < -0.39 is 11.4 Å². The van der Waals surface area contributed by atoms with Crippen LogP contribution < -0.4 is 0 Å². The van der Waals surface area contributed by atoms with Gasteiger partial charge in [0.1, 0.15) is 17.7 Å². The number of aromatic nitrogens is 3. The van der Waals surface area contributed by atoms with Crippen LogP contribution in [-0.4, -0.2) is 20.3 Å². The van der Waals surface area contributed by atoms with Gasteiger partial charge >= 0.3 is 0 Å². The SMILES string of the molecule is O[C@@](Cc1nc[nH]n1)(c1ccc(F)cc1)c1ccc(Cl)cc1Cl. The third-order valence-corrected chi connectivity index (χ3v) is 4.13. The molecule has 23 heavy (non-hydrogen) atoms. The maximum absolute atomic E-state index is 13.2. The molecule has 0 saturated heterocycles. The molecule has 1 aromatic heterocycles. The molecule has 0 aliphatic carbocycles. The van der Waals surface area contributed by atoms with Crippen LogP contribution in [0, 0.1) is 5.82 Å². The lowest BCUT2D eigenvalue weighted by Crippen LogP contribution is -2.31. The van der Waals surface area contributed by atoms with Crippen molar-refractivity contribution in [3.05, 3.63) is 81.6 Å². The highest BCUT2D eigenvalue weighted by Gasteiger charge is 2.35. The van der Waals surface area contributed by atoms with E-state index in [0.717, 1.165) is 0 Å². The van der Waals surface area contributed by atoms with Gasteiger partial charge in [-0.05, 0) is 29.8 Å². The van der Waals surface area contributed by atoms with Crippen molar-refractivity contribution >= 4 is 23.2 Å². The predicted octanol–water partition coefficient (Wildman–Crippen LogP) is 3.73. The smallest absolute Gasteiger partial charge is 0.153 e. The van der Waals surface area contributed by atoms with Gasteiger partial charge in [-0.2, -0.15) is 5.10 Å². The van der Waals surface area contributed by atoms with Crippen LogP contribution in [0.15, 0.2) is 48.8 Å². The van der Waals surface area contributed by atoms with Crippen molar-refractivity contribution in [1.82, 2.24) is 15.2 Å². The fraction of sp³-hybridized carbons (Fsp3) is 0.125. The van der Waals surface area contributed by atoms with Gasteiger partial charge in [-0.15, -0.1) is 0 Å². The Bertz CT molecular complexity index is 809. The molecule has 2 aromatic carbocycles. The first-order chi connectivity index (χ1) is 11.0. The van der Waals surface area contributed by atoms with Crippen LogP contribution in [0.4, 0.5) is 4.39 Å². The Morgan fingerprint density at radius 3 is 2.48 bits per heavy atom. The zero-order valence-corrected chi connectivity index (χ0v) is 13.3. The van der Waals surface area contributed by atoms with Gasteiger partial charge in [-0.3, -0.25) is 5.10 Å². The number of aliphatic hydroxyl groups is 1. The molecule has 118 valence electrons. The normalized spacial score (nSPS) is 13.7. The van der Waals surface area contributed by atoms with E-state index in [9.17, 15) is 9.50 Å². The van der Waals surface area contributed by atoms with E-state index in [4.69, 9.17) is 23.2 Å². The van der Waals surface area contributed by atoms with Gasteiger partial charge in [-0.25, -0.2) is 9.37 Å². The molecule has 1 atom stereocenters. The topological polar surface area (TPSA) is 61.8 Å². The minimum atomic E-state index is -1.52. The number of aromatic amines is 1. The molecule has 3 aromatic rings. The first-order valence-electron chi connectivity index (χ1n) is 6.77. The lowest BCUT2D eigenvalue weighted by Gasteiger charge is -2.29. The summed E-state index contributed by atoms with van der Waals surface area (Å²) in [5, 5.41) is 18.7. The molecule has 3 rings (SSSR count). The van der Waals surface area contributed by atoms with Crippen molar-refractivity contribution in [3.63, 3.8) is 0 Å². The minimum absolute atomic E-state index is 0.0729. The van der Waals surface area contributed by atoms with Crippen LogP contribution in [-0.2, 0) is 12.0 Å². The van der Waals surface area contributed by atoms with E-state index in [1.807, 2.05) is 0 Å². The molecule has 0 bridgehead atoms. The predicted molar refractivity (Wildman–Crippen MR) is 85.9 cm³/mol. The van der Waals surface area contributed by atoms with E-state index in [1.54, 1.807) is 18.2 Å². The number of nitrogens with one attached hydrogen (secondary N) is 1. The van der Waals surface area contributed by atoms with Gasteiger partial charge in [0.15, 0.2) is 5.82 Å². The number of H-pyrrole nitrogens is 1. The highest BCUT2D eigenvalue weighted by molar-refractivity contribution is 6.35. The Labute approximate surface area is 141 Å². The van der Waals surface area contributed by atoms with Crippen LogP contribution in [0.25, 0.3) is 0 Å². The van der Waals surface area contributed by atoms with E-state index >= 15 is 0 Å². The molecule has 0 aliphatic heterocycles. The Kier molecular flexibility index (Phi) is 4.35. The summed E-state index contributed by atoms with van der Waals surface area (Å²) in [5.74, 6) is 0.0130. The monoisotopic (exact) mass is 351 g/mol. The van der Waals surface area contributed by atoms with Crippen LogP contribution >= 0.6 is 23.2 Å². The molecule has 0 unspecified atom stereocenters. The van der Waals surface area contributed by atoms with Gasteiger partial charge in [-0.1, -0.05) is 41.4 Å². The van der Waals surface area contributed by atoms with E-state index in [-0.39, 0.29) is 6.42 Å². The molecule has 0 fully saturated rings. The maximum Gasteiger partial charge on any atom is 0.153 e. The Morgan fingerprint density at radius 1 is 1.13 bits per heavy atom. The Balaban J connectivity index is 2.14. The van der Waals surface area contributed by atoms with Crippen molar-refractivity contribution in [2.24, 2.45) is 0 Å². The van der Waals surface area contributed by atoms with Crippen LogP contribution in [0.2, 0.25) is 10.0 Å². The van der Waals surface area contributed by atoms with Crippen molar-refractivity contribution in [3.8, 4) is 0 Å². The van der Waals surface area contributed by atoms with E-state index in [2.05, 4.69) is 15.2 Å². The highest BCUT2D eigenvalue weighted by atomic mass is 35.5. The average molecular weight is 352 g/mol. The molecule has 1 heterocycles. The number of nitrogens with zero attached hydrogens (tertiary/aromatic N) is 2. The lowest BCUT2D eigenvalue weighted by atomic mass is 9.83. The molecule has 0 saturated carbocycles. The molecule has 4 nitrogen and oxygen atoms in total. The summed E-state index contributed by atoms with van der Waals surface area (Å²) in [7, 11) is 0. The van der Waals surface area contributed by atoms with Crippen molar-refractivity contribution in [1.29, 1.82) is 0 Å². The summed E-state index contributed by atoms with van der Waals surface area (Å²) < 4.78 is 13.2. The largest absolute Gasteiger partial charge is 0.380 e. The summed E-state index contributed by atoms with van der Waals surface area (Å²) in [6, 6.07) is 10.4. The zero-order valence-electron chi connectivity index (χ0n) is 11.8. The minimum Gasteiger partial charge on any atom is -0.380 e. The first kappa shape index (κ1) is 15.9. The second-order valence-electron chi connectivity index (χ2n) is 5.08. The first-order valence-corrected chi connectivity index (χ1v) is 7.53. The zero-order chi connectivity index (χ0) is 16.4. The average Bonchev–Trinajstić information content (AvgIpc) is 3.00. The molecule has 0 radical (unpaired) electrons. The summed E-state index contributed by atoms with van der Waals surface area (Å²) in [6.07, 6.45) is 1.49. The molecule has 2 N–H and O–H groups in total. The fourth-order valence-corrected chi connectivity index (χ4v) is 3.02. The summed E-state index contributed by atoms with van der Waals surface area (Å²) in [5.41, 5.74) is -0.592. The quantitative estimate of drug-likeness (QED) is 0.752. The molecule has 0 spiro atoms. The van der Waals surface area contributed by atoms with Crippen molar-refractivity contribution < 1.29 is 9.50 Å². The molecule has 7 heteroatoms.